The van der Waals surface area contributed by atoms with Crippen LogP contribution in [0.3, 0.4) is 0 Å². The number of benzene rings is 3. The van der Waals surface area contributed by atoms with Crippen molar-refractivity contribution in [3.8, 4) is 11.1 Å². The summed E-state index contributed by atoms with van der Waals surface area (Å²) in [6.07, 6.45) is 0. The van der Waals surface area contributed by atoms with Gasteiger partial charge in [-0.3, -0.25) is 25.0 Å². The van der Waals surface area contributed by atoms with E-state index in [9.17, 15) is 19.7 Å². The molecule has 1 N–H and O–H groups in total. The Balaban J connectivity index is 1.88. The van der Waals surface area contributed by atoms with E-state index < -0.39 is 10.8 Å². The molecule has 0 bridgehead atoms. The normalized spacial score (nSPS) is 10.7. The standard InChI is InChI=1S/C23H16N2O5/c1-14-7-5-12-18-20(26)19(15-8-3-2-4-9-15)23(30-21(14)18)24-22(27)16-10-6-11-17(13-16)25(28)29/h2-13H,1H3,(H,24,27). The van der Waals surface area contributed by atoms with Crippen molar-refractivity contribution >= 4 is 28.4 Å². The van der Waals surface area contributed by atoms with Crippen LogP contribution in [0.4, 0.5) is 11.6 Å². The number of rotatable bonds is 4. The summed E-state index contributed by atoms with van der Waals surface area (Å²) < 4.78 is 5.96. The van der Waals surface area contributed by atoms with E-state index in [2.05, 4.69) is 5.32 Å². The first-order valence-corrected chi connectivity index (χ1v) is 9.13. The minimum atomic E-state index is -0.619. The largest absolute Gasteiger partial charge is 0.439 e. The molecule has 7 nitrogen and oxygen atoms in total. The molecule has 0 spiro atoms. The fraction of sp³-hybridized carbons (Fsp3) is 0.0435. The number of amides is 1. The smallest absolute Gasteiger partial charge is 0.270 e. The highest BCUT2D eigenvalue weighted by molar-refractivity contribution is 6.06. The van der Waals surface area contributed by atoms with Gasteiger partial charge in [-0.1, -0.05) is 48.5 Å². The van der Waals surface area contributed by atoms with Crippen LogP contribution in [0.25, 0.3) is 22.1 Å². The predicted molar refractivity (Wildman–Crippen MR) is 114 cm³/mol. The maximum absolute atomic E-state index is 13.3. The van der Waals surface area contributed by atoms with Crippen LogP contribution in [0.2, 0.25) is 0 Å². The number of carbonyl (C=O) groups is 1. The van der Waals surface area contributed by atoms with Crippen molar-refractivity contribution in [3.05, 3.63) is 104 Å². The molecule has 1 aromatic heterocycles. The number of anilines is 1. The number of hydrogen-bond acceptors (Lipinski definition) is 5. The molecule has 7 heteroatoms. The first-order valence-electron chi connectivity index (χ1n) is 9.13. The van der Waals surface area contributed by atoms with E-state index in [-0.39, 0.29) is 28.1 Å². The lowest BCUT2D eigenvalue weighted by Gasteiger charge is -2.12. The lowest BCUT2D eigenvalue weighted by molar-refractivity contribution is -0.384. The van der Waals surface area contributed by atoms with Crippen LogP contribution in [0.15, 0.2) is 82.0 Å². The molecule has 0 fully saturated rings. The van der Waals surface area contributed by atoms with Gasteiger partial charge >= 0.3 is 0 Å². The summed E-state index contributed by atoms with van der Waals surface area (Å²) in [5, 5.41) is 14.0. The first-order chi connectivity index (χ1) is 14.5. The van der Waals surface area contributed by atoms with E-state index in [1.54, 1.807) is 49.4 Å². The molecule has 1 heterocycles. The van der Waals surface area contributed by atoms with Crippen molar-refractivity contribution in [2.24, 2.45) is 0 Å². The van der Waals surface area contributed by atoms with Gasteiger partial charge in [-0.15, -0.1) is 0 Å². The van der Waals surface area contributed by atoms with E-state index in [4.69, 9.17) is 4.42 Å². The topological polar surface area (TPSA) is 102 Å². The highest BCUT2D eigenvalue weighted by Gasteiger charge is 2.20. The third-order valence-corrected chi connectivity index (χ3v) is 4.72. The molecule has 3 aromatic carbocycles. The molecule has 0 unspecified atom stereocenters. The van der Waals surface area contributed by atoms with Gasteiger partial charge in [0, 0.05) is 17.7 Å². The highest BCUT2D eigenvalue weighted by Crippen LogP contribution is 2.30. The summed E-state index contributed by atoms with van der Waals surface area (Å²) in [6, 6.07) is 19.5. The van der Waals surface area contributed by atoms with Crippen LogP contribution >= 0.6 is 0 Å². The van der Waals surface area contributed by atoms with Gasteiger partial charge in [-0.2, -0.15) is 0 Å². The van der Waals surface area contributed by atoms with Gasteiger partial charge in [0.25, 0.3) is 11.6 Å². The molecule has 0 radical (unpaired) electrons. The third-order valence-electron chi connectivity index (χ3n) is 4.72. The molecule has 4 aromatic rings. The number of nitro benzene ring substituents is 1. The van der Waals surface area contributed by atoms with E-state index in [0.29, 0.717) is 16.5 Å². The Morgan fingerprint density at radius 1 is 1.00 bits per heavy atom. The van der Waals surface area contributed by atoms with Crippen molar-refractivity contribution in [1.82, 2.24) is 0 Å². The Morgan fingerprint density at radius 3 is 2.47 bits per heavy atom. The molecule has 0 aliphatic carbocycles. The molecule has 0 saturated carbocycles. The van der Waals surface area contributed by atoms with Crippen LogP contribution in [0, 0.1) is 17.0 Å². The molecule has 0 aliphatic heterocycles. The molecule has 4 rings (SSSR count). The summed E-state index contributed by atoms with van der Waals surface area (Å²) in [7, 11) is 0. The van der Waals surface area contributed by atoms with E-state index in [1.807, 2.05) is 6.07 Å². The Labute approximate surface area is 170 Å². The average molecular weight is 400 g/mol. The molecule has 0 aliphatic rings. The molecule has 1 amide bonds. The van der Waals surface area contributed by atoms with Crippen LogP contribution in [-0.4, -0.2) is 10.8 Å². The van der Waals surface area contributed by atoms with E-state index in [0.717, 1.165) is 5.56 Å². The second-order valence-electron chi connectivity index (χ2n) is 6.71. The Bertz CT molecular complexity index is 1340. The highest BCUT2D eigenvalue weighted by atomic mass is 16.6. The number of nitrogens with zero attached hydrogens (tertiary/aromatic N) is 1. The number of aryl methyl sites for hydroxylation is 1. The van der Waals surface area contributed by atoms with Crippen LogP contribution in [0.1, 0.15) is 15.9 Å². The Hall–Kier alpha value is -4.26. The molecule has 148 valence electrons. The van der Waals surface area contributed by atoms with Gasteiger partial charge in [0.1, 0.15) is 5.58 Å². The maximum atomic E-state index is 13.3. The Morgan fingerprint density at radius 2 is 1.73 bits per heavy atom. The summed E-state index contributed by atoms with van der Waals surface area (Å²) >= 11 is 0. The average Bonchev–Trinajstić information content (AvgIpc) is 2.75. The monoisotopic (exact) mass is 400 g/mol. The minimum absolute atomic E-state index is 0.00972. The molecular formula is C23H16N2O5. The summed E-state index contributed by atoms with van der Waals surface area (Å²) in [5.41, 5.74) is 1.51. The summed E-state index contributed by atoms with van der Waals surface area (Å²) in [6.45, 7) is 1.81. The zero-order valence-corrected chi connectivity index (χ0v) is 15.9. The second kappa shape index (κ2) is 7.63. The molecule has 30 heavy (non-hydrogen) atoms. The van der Waals surface area contributed by atoms with Gasteiger partial charge in [0.05, 0.1) is 15.9 Å². The van der Waals surface area contributed by atoms with Crippen molar-refractivity contribution in [2.75, 3.05) is 5.32 Å². The van der Waals surface area contributed by atoms with Crippen molar-refractivity contribution in [2.45, 2.75) is 6.92 Å². The molecule has 0 atom stereocenters. The number of hydrogen-bond donors (Lipinski definition) is 1. The fourth-order valence-corrected chi connectivity index (χ4v) is 3.25. The number of nitro groups is 1. The van der Waals surface area contributed by atoms with Gasteiger partial charge in [0.15, 0.2) is 0 Å². The van der Waals surface area contributed by atoms with E-state index in [1.165, 1.54) is 24.3 Å². The SMILES string of the molecule is Cc1cccc2c(=O)c(-c3ccccc3)c(NC(=O)c3cccc([N+](=O)[O-])c3)oc12. The fourth-order valence-electron chi connectivity index (χ4n) is 3.25. The van der Waals surface area contributed by atoms with Gasteiger partial charge in [-0.05, 0) is 30.2 Å². The molecular weight excluding hydrogens is 384 g/mol. The van der Waals surface area contributed by atoms with Crippen molar-refractivity contribution < 1.29 is 14.1 Å². The number of non-ortho nitro benzene ring substituents is 1. The number of fused-ring (bicyclic) bond motifs is 1. The Kier molecular flexibility index (Phi) is 4.85. The number of carbonyl (C=O) groups excluding carboxylic acids is 1. The van der Waals surface area contributed by atoms with Crippen molar-refractivity contribution in [3.63, 3.8) is 0 Å². The van der Waals surface area contributed by atoms with Crippen LogP contribution in [-0.2, 0) is 0 Å². The zero-order valence-electron chi connectivity index (χ0n) is 15.9. The minimum Gasteiger partial charge on any atom is -0.439 e. The molecule has 0 saturated heterocycles. The van der Waals surface area contributed by atoms with Gasteiger partial charge < -0.3 is 4.42 Å². The lowest BCUT2D eigenvalue weighted by Crippen LogP contribution is -2.16. The number of nitrogens with one attached hydrogen (secondary N) is 1. The van der Waals surface area contributed by atoms with Crippen molar-refractivity contribution in [1.29, 1.82) is 0 Å². The summed E-state index contributed by atoms with van der Waals surface area (Å²) in [4.78, 5) is 36.5. The van der Waals surface area contributed by atoms with Gasteiger partial charge in [-0.25, -0.2) is 0 Å². The second-order valence-corrected chi connectivity index (χ2v) is 6.71. The quantitative estimate of drug-likeness (QED) is 0.386. The zero-order chi connectivity index (χ0) is 21.3. The predicted octanol–water partition coefficient (Wildman–Crippen LogP) is 4.93. The third kappa shape index (κ3) is 3.44. The van der Waals surface area contributed by atoms with Crippen LogP contribution in [0.5, 0.6) is 0 Å². The van der Waals surface area contributed by atoms with Crippen LogP contribution < -0.4 is 10.7 Å². The van der Waals surface area contributed by atoms with Gasteiger partial charge in [0.2, 0.25) is 11.3 Å². The maximum Gasteiger partial charge on any atom is 0.270 e. The first kappa shape index (κ1) is 19.1. The summed E-state index contributed by atoms with van der Waals surface area (Å²) in [5.74, 6) is -0.628. The lowest BCUT2D eigenvalue weighted by atomic mass is 10.0. The number of para-hydroxylation sites is 1. The van der Waals surface area contributed by atoms with E-state index >= 15 is 0 Å².